The van der Waals surface area contributed by atoms with E-state index in [2.05, 4.69) is 36.3 Å². The van der Waals surface area contributed by atoms with E-state index in [0.29, 0.717) is 5.69 Å². The molecule has 17 heteroatoms. The van der Waals surface area contributed by atoms with Crippen LogP contribution in [0.15, 0.2) is 16.7 Å². The summed E-state index contributed by atoms with van der Waals surface area (Å²) in [5.74, 6) is -2.54. The normalized spacial score (nSPS) is 20.1. The van der Waals surface area contributed by atoms with Crippen LogP contribution in [0.3, 0.4) is 0 Å². The van der Waals surface area contributed by atoms with Crippen LogP contribution in [0.2, 0.25) is 0 Å². The number of aliphatic carboxylic acids is 1. The highest BCUT2D eigenvalue weighted by atomic mass is 32.1. The third-order valence-electron chi connectivity index (χ3n) is 5.38. The number of amides is 3. The number of rotatable bonds is 10. The summed E-state index contributed by atoms with van der Waals surface area (Å²) >= 11 is 0.975. The van der Waals surface area contributed by atoms with Crippen molar-refractivity contribution >= 4 is 46.1 Å². The maximum atomic E-state index is 13.2. The van der Waals surface area contributed by atoms with Crippen LogP contribution in [0.4, 0.5) is 9.93 Å². The second kappa shape index (κ2) is 10.3. The Morgan fingerprint density at radius 3 is 2.66 bits per heavy atom. The molecule has 4 rings (SSSR count). The molecule has 0 aromatic carbocycles. The predicted octanol–water partition coefficient (Wildman–Crippen LogP) is -0.405. The number of oxime groups is 1. The number of carbonyl (C=O) groups is 4. The highest BCUT2D eigenvalue weighted by Gasteiger charge is 2.55. The van der Waals surface area contributed by atoms with E-state index in [4.69, 9.17) is 14.7 Å². The zero-order valence-electron chi connectivity index (χ0n) is 20.6. The average molecular weight is 551 g/mol. The van der Waals surface area contributed by atoms with Gasteiger partial charge >= 0.3 is 12.1 Å². The minimum atomic E-state index is -1.54. The number of aliphatic hydroxyl groups excluding tert-OH is 1. The minimum Gasteiger partial charge on any atom is -0.478 e. The first-order valence-electron chi connectivity index (χ1n) is 11.5. The molecule has 204 valence electrons. The van der Waals surface area contributed by atoms with Gasteiger partial charge in [-0.15, -0.1) is 11.3 Å². The molecule has 2 aromatic rings. The molecule has 2 aliphatic rings. The lowest BCUT2D eigenvalue weighted by Crippen LogP contribution is -2.70. The summed E-state index contributed by atoms with van der Waals surface area (Å²) in [6.45, 7) is 4.90. The van der Waals surface area contributed by atoms with E-state index < -0.39 is 47.2 Å². The molecule has 2 atom stereocenters. The Hall–Kier alpha value is -4.12. The number of aromatic nitrogens is 4. The van der Waals surface area contributed by atoms with Gasteiger partial charge in [-0.3, -0.25) is 14.9 Å². The van der Waals surface area contributed by atoms with Crippen molar-refractivity contribution in [2.45, 2.75) is 70.1 Å². The summed E-state index contributed by atoms with van der Waals surface area (Å²) in [5, 5.41) is 39.5. The Morgan fingerprint density at radius 1 is 1.34 bits per heavy atom. The van der Waals surface area contributed by atoms with Gasteiger partial charge in [-0.25, -0.2) is 14.6 Å². The number of thiazole rings is 1. The number of hydrogen-bond acceptors (Lipinski definition) is 12. The number of carboxylic acid groups (broad SMARTS) is 1. The molecule has 38 heavy (non-hydrogen) atoms. The summed E-state index contributed by atoms with van der Waals surface area (Å²) in [6, 6.07) is -1.55. The van der Waals surface area contributed by atoms with Crippen LogP contribution in [0.25, 0.3) is 0 Å². The van der Waals surface area contributed by atoms with Crippen molar-refractivity contribution in [2.75, 3.05) is 5.32 Å². The molecule has 0 bridgehead atoms. The van der Waals surface area contributed by atoms with Gasteiger partial charge in [0.2, 0.25) is 11.5 Å². The molecule has 0 spiro atoms. The fourth-order valence-electron chi connectivity index (χ4n) is 3.26. The fourth-order valence-corrected chi connectivity index (χ4v) is 3.95. The number of carbonyl (C=O) groups excluding carboxylic acids is 3. The van der Waals surface area contributed by atoms with Crippen LogP contribution in [0.5, 0.6) is 0 Å². The van der Waals surface area contributed by atoms with Gasteiger partial charge < -0.3 is 30.4 Å². The van der Waals surface area contributed by atoms with Gasteiger partial charge in [-0.05, 0) is 20.8 Å². The molecule has 1 saturated carbocycles. The molecule has 3 heterocycles. The second-order valence-corrected chi connectivity index (χ2v) is 10.5. The highest BCUT2D eigenvalue weighted by Crippen LogP contribution is 2.40. The van der Waals surface area contributed by atoms with E-state index in [9.17, 15) is 24.3 Å². The fraction of sp³-hybridized carbons (Fsp3) is 0.524. The number of ether oxygens (including phenoxy) is 1. The van der Waals surface area contributed by atoms with Gasteiger partial charge in [0.15, 0.2) is 10.8 Å². The molecule has 1 aliphatic heterocycles. The standard InChI is InChI=1S/C21H26N8O8S/c1-20(2,3)36-19(35)26-18-24-12(9-38-18)14(28-37-21(4-5-21)17(33)34)16(32)25-13-11(23-15(13)31)7-29-22-6-10(8-30)27-29/h6,9,11,13,30H,4-5,7-8H2,1-3H3,(H,23,31)(H,25,32)(H,33,34)(H,24,26,35)/t11-,13+/m1/s1. The third-order valence-corrected chi connectivity index (χ3v) is 6.14. The lowest BCUT2D eigenvalue weighted by molar-refractivity contribution is -0.153. The van der Waals surface area contributed by atoms with Crippen LogP contribution in [0, 0.1) is 0 Å². The highest BCUT2D eigenvalue weighted by molar-refractivity contribution is 7.14. The Balaban J connectivity index is 1.50. The number of nitrogens with one attached hydrogen (secondary N) is 3. The van der Waals surface area contributed by atoms with Crippen molar-refractivity contribution < 1.29 is 39.0 Å². The number of aliphatic hydroxyl groups is 1. The first kappa shape index (κ1) is 26.9. The molecule has 5 N–H and O–H groups in total. The summed E-state index contributed by atoms with van der Waals surface area (Å²) in [5.41, 5.74) is -2.34. The summed E-state index contributed by atoms with van der Waals surface area (Å²) < 4.78 is 5.19. The molecule has 1 aliphatic carbocycles. The molecule has 1 saturated heterocycles. The average Bonchev–Trinajstić information content (AvgIpc) is 3.26. The monoisotopic (exact) mass is 550 g/mol. The molecule has 2 fully saturated rings. The van der Waals surface area contributed by atoms with Gasteiger partial charge in [-0.1, -0.05) is 5.16 Å². The minimum absolute atomic E-state index is 0.0163. The summed E-state index contributed by atoms with van der Waals surface area (Å²) in [6.07, 6.45) is 1.04. The van der Waals surface area contributed by atoms with E-state index in [1.165, 1.54) is 16.4 Å². The smallest absolute Gasteiger partial charge is 0.413 e. The van der Waals surface area contributed by atoms with Gasteiger partial charge in [-0.2, -0.15) is 15.0 Å². The predicted molar refractivity (Wildman–Crippen MR) is 129 cm³/mol. The molecule has 3 amide bonds. The maximum absolute atomic E-state index is 13.2. The molecular weight excluding hydrogens is 524 g/mol. The van der Waals surface area contributed by atoms with Crippen LogP contribution in [-0.2, 0) is 37.1 Å². The largest absolute Gasteiger partial charge is 0.478 e. The van der Waals surface area contributed by atoms with Gasteiger partial charge in [0.05, 0.1) is 25.4 Å². The number of anilines is 1. The van der Waals surface area contributed by atoms with Crippen molar-refractivity contribution in [2.24, 2.45) is 5.16 Å². The number of hydrogen-bond donors (Lipinski definition) is 5. The zero-order valence-corrected chi connectivity index (χ0v) is 21.4. The van der Waals surface area contributed by atoms with E-state index in [-0.39, 0.29) is 42.5 Å². The molecule has 2 aromatic heterocycles. The summed E-state index contributed by atoms with van der Waals surface area (Å²) in [4.78, 5) is 59.7. The molecule has 0 radical (unpaired) electrons. The van der Waals surface area contributed by atoms with Crippen LogP contribution in [0.1, 0.15) is 45.0 Å². The van der Waals surface area contributed by atoms with Gasteiger partial charge in [0, 0.05) is 18.2 Å². The lowest BCUT2D eigenvalue weighted by atomic mass is 9.98. The molecular formula is C21H26N8O8S. The number of nitrogens with zero attached hydrogens (tertiary/aromatic N) is 5. The maximum Gasteiger partial charge on any atom is 0.413 e. The van der Waals surface area contributed by atoms with Crippen molar-refractivity contribution in [3.63, 3.8) is 0 Å². The van der Waals surface area contributed by atoms with Crippen molar-refractivity contribution in [3.05, 3.63) is 23.0 Å². The molecule has 0 unspecified atom stereocenters. The Labute approximate surface area is 219 Å². The molecule has 16 nitrogen and oxygen atoms in total. The van der Waals surface area contributed by atoms with Crippen LogP contribution < -0.4 is 16.0 Å². The Morgan fingerprint density at radius 2 is 2.08 bits per heavy atom. The SMILES string of the molecule is CC(C)(C)OC(=O)Nc1nc(C(=NOC2(C(=O)O)CC2)C(=O)N[C@@H]2C(=O)N[C@@H]2Cn2ncc(CO)n2)cs1. The van der Waals surface area contributed by atoms with E-state index in [1.54, 1.807) is 20.8 Å². The van der Waals surface area contributed by atoms with Crippen molar-refractivity contribution in [1.82, 2.24) is 30.6 Å². The Kier molecular flexibility index (Phi) is 7.32. The van der Waals surface area contributed by atoms with E-state index in [0.717, 1.165) is 11.3 Å². The van der Waals surface area contributed by atoms with Crippen molar-refractivity contribution in [1.29, 1.82) is 0 Å². The van der Waals surface area contributed by atoms with Crippen LogP contribution >= 0.6 is 11.3 Å². The van der Waals surface area contributed by atoms with E-state index in [1.807, 2.05) is 0 Å². The van der Waals surface area contributed by atoms with Crippen LogP contribution in [-0.4, -0.2) is 83.1 Å². The van der Waals surface area contributed by atoms with E-state index >= 15 is 0 Å². The summed E-state index contributed by atoms with van der Waals surface area (Å²) in [7, 11) is 0. The quantitative estimate of drug-likeness (QED) is 0.145. The second-order valence-electron chi connectivity index (χ2n) is 9.61. The first-order chi connectivity index (χ1) is 17.9. The van der Waals surface area contributed by atoms with Crippen molar-refractivity contribution in [3.8, 4) is 0 Å². The first-order valence-corrected chi connectivity index (χ1v) is 12.3. The number of β-lactam (4-membered cyclic amide) rings is 1. The number of carboxylic acids is 1. The third kappa shape index (κ3) is 6.23. The Bertz CT molecular complexity index is 1280. The van der Waals surface area contributed by atoms with Gasteiger partial charge in [0.1, 0.15) is 23.0 Å². The zero-order chi connectivity index (χ0) is 27.7. The van der Waals surface area contributed by atoms with Gasteiger partial charge in [0.25, 0.3) is 5.91 Å². The topological polar surface area (TPSA) is 219 Å². The lowest BCUT2D eigenvalue weighted by Gasteiger charge is -2.36.